The molecule has 2 aliphatic heterocycles. The number of methoxy groups -OCH3 is 1. The molecule has 1 fully saturated rings. The lowest BCUT2D eigenvalue weighted by atomic mass is 9.90. The van der Waals surface area contributed by atoms with E-state index in [1.807, 2.05) is 36.3 Å². The monoisotopic (exact) mass is 478 g/mol. The van der Waals surface area contributed by atoms with Crippen molar-refractivity contribution in [3.63, 3.8) is 0 Å². The third-order valence-electron chi connectivity index (χ3n) is 6.02. The van der Waals surface area contributed by atoms with Crippen LogP contribution in [0.1, 0.15) is 0 Å². The molecule has 10 heteroatoms. The Morgan fingerprint density at radius 1 is 1.29 bits per heavy atom. The molecule has 2 unspecified atom stereocenters. The van der Waals surface area contributed by atoms with Gasteiger partial charge in [0.25, 0.3) is 5.91 Å². The van der Waals surface area contributed by atoms with Gasteiger partial charge in [0.1, 0.15) is 23.6 Å². The van der Waals surface area contributed by atoms with Gasteiger partial charge in [-0.1, -0.05) is 18.2 Å². The molecule has 0 aromatic carbocycles. The number of hydrogen-bond donors (Lipinski definition) is 1. The third kappa shape index (κ3) is 4.38. The minimum atomic E-state index is -0.0876. The number of nitrogens with zero attached hydrogens (tertiary/aromatic N) is 5. The van der Waals surface area contributed by atoms with E-state index in [-0.39, 0.29) is 24.5 Å². The van der Waals surface area contributed by atoms with Crippen LogP contribution >= 0.6 is 11.8 Å². The first kappa shape index (κ1) is 22.4. The summed E-state index contributed by atoms with van der Waals surface area (Å²) in [6.07, 6.45) is 13.8. The number of ether oxygens (including phenoxy) is 2. The van der Waals surface area contributed by atoms with E-state index in [9.17, 15) is 4.79 Å². The van der Waals surface area contributed by atoms with Crippen LogP contribution < -0.4 is 5.49 Å². The van der Waals surface area contributed by atoms with Crippen LogP contribution in [0.4, 0.5) is 0 Å². The highest BCUT2D eigenvalue weighted by Gasteiger charge is 2.34. The second kappa shape index (κ2) is 9.47. The number of nitrogens with one attached hydrogen (secondary N) is 1. The normalized spacial score (nSPS) is 22.1. The van der Waals surface area contributed by atoms with E-state index in [4.69, 9.17) is 14.9 Å². The highest BCUT2D eigenvalue weighted by molar-refractivity contribution is 8.02. The van der Waals surface area contributed by atoms with Crippen LogP contribution in [0.15, 0.2) is 70.3 Å². The molecule has 1 amide bonds. The Bertz CT molecular complexity index is 1290. The number of amides is 1. The fraction of sp³-hybridized carbons (Fsp3) is 0.333. The predicted molar refractivity (Wildman–Crippen MR) is 130 cm³/mol. The summed E-state index contributed by atoms with van der Waals surface area (Å²) in [5, 5.41) is 12.6. The summed E-state index contributed by atoms with van der Waals surface area (Å²) < 4.78 is 14.7. The fourth-order valence-corrected chi connectivity index (χ4v) is 5.18. The molecule has 3 aliphatic rings. The SMILES string of the molecule is COC1=C(N2CCOCC2=O)C=NC2C=CC(SCn3cc(-c4cnn(C)c4)ccc3=N)=CC12. The lowest BCUT2D eigenvalue weighted by molar-refractivity contribution is -0.139. The molecular formula is C24H26N6O3S. The lowest BCUT2D eigenvalue weighted by Gasteiger charge is -2.34. The van der Waals surface area contributed by atoms with Gasteiger partial charge in [0.15, 0.2) is 0 Å². The molecule has 9 nitrogen and oxygen atoms in total. The number of aryl methyl sites for hydroxylation is 1. The minimum absolute atomic E-state index is 0.0625. The maximum atomic E-state index is 12.4. The summed E-state index contributed by atoms with van der Waals surface area (Å²) in [7, 11) is 3.53. The van der Waals surface area contributed by atoms with Crippen molar-refractivity contribution in [1.82, 2.24) is 19.2 Å². The molecule has 4 heterocycles. The summed E-state index contributed by atoms with van der Waals surface area (Å²) in [5.41, 5.74) is 3.18. The van der Waals surface area contributed by atoms with E-state index in [2.05, 4.69) is 28.3 Å². The zero-order valence-corrected chi connectivity index (χ0v) is 19.9. The number of aliphatic imine (C=N–C) groups is 1. The fourth-order valence-electron chi connectivity index (χ4n) is 4.26. The summed E-state index contributed by atoms with van der Waals surface area (Å²) >= 11 is 1.65. The Hall–Kier alpha value is -3.37. The molecule has 0 radical (unpaired) electrons. The summed E-state index contributed by atoms with van der Waals surface area (Å²) in [6, 6.07) is 3.68. The number of pyridine rings is 1. The number of fused-ring (bicyclic) bond motifs is 1. The van der Waals surface area contributed by atoms with E-state index < -0.39 is 0 Å². The smallest absolute Gasteiger partial charge is 0.253 e. The van der Waals surface area contributed by atoms with Crippen molar-refractivity contribution in [2.45, 2.75) is 11.9 Å². The molecule has 34 heavy (non-hydrogen) atoms. The summed E-state index contributed by atoms with van der Waals surface area (Å²) in [4.78, 5) is 19.8. The molecule has 0 spiro atoms. The topological polar surface area (TPSA) is 97.7 Å². The first-order chi connectivity index (χ1) is 16.5. The first-order valence-corrected chi connectivity index (χ1v) is 12.0. The molecule has 176 valence electrons. The van der Waals surface area contributed by atoms with E-state index in [0.717, 1.165) is 21.8 Å². The molecule has 5 rings (SSSR count). The van der Waals surface area contributed by atoms with Gasteiger partial charge in [-0.15, -0.1) is 11.8 Å². The molecule has 2 atom stereocenters. The Balaban J connectivity index is 1.36. The molecular weight excluding hydrogens is 452 g/mol. The van der Waals surface area contributed by atoms with Gasteiger partial charge in [0, 0.05) is 48.2 Å². The maximum absolute atomic E-state index is 12.4. The van der Waals surface area contributed by atoms with Crippen molar-refractivity contribution in [2.24, 2.45) is 18.0 Å². The number of dihydropyridines is 1. The van der Waals surface area contributed by atoms with Gasteiger partial charge in [-0.2, -0.15) is 5.10 Å². The van der Waals surface area contributed by atoms with Gasteiger partial charge in [-0.25, -0.2) is 0 Å². The molecule has 0 bridgehead atoms. The Morgan fingerprint density at radius 2 is 2.18 bits per heavy atom. The minimum Gasteiger partial charge on any atom is -0.498 e. The van der Waals surface area contributed by atoms with E-state index in [0.29, 0.717) is 30.2 Å². The number of hydrogen-bond acceptors (Lipinski definition) is 7. The second-order valence-corrected chi connectivity index (χ2v) is 9.24. The van der Waals surface area contributed by atoms with Crippen LogP contribution in [-0.2, 0) is 27.2 Å². The van der Waals surface area contributed by atoms with Crippen LogP contribution in [0.3, 0.4) is 0 Å². The molecule has 2 aromatic heterocycles. The van der Waals surface area contributed by atoms with Gasteiger partial charge in [0.05, 0.1) is 37.8 Å². The number of morpholine rings is 1. The van der Waals surface area contributed by atoms with E-state index in [1.54, 1.807) is 40.7 Å². The number of allylic oxidation sites excluding steroid dienone is 2. The predicted octanol–water partition coefficient (Wildman–Crippen LogP) is 2.30. The van der Waals surface area contributed by atoms with Gasteiger partial charge in [-0.05, 0) is 12.1 Å². The van der Waals surface area contributed by atoms with Crippen LogP contribution in [0, 0.1) is 11.3 Å². The number of carbonyl (C=O) groups excluding carboxylic acids is 1. The summed E-state index contributed by atoms with van der Waals surface area (Å²) in [5.74, 6) is 1.16. The zero-order valence-electron chi connectivity index (χ0n) is 19.0. The van der Waals surface area contributed by atoms with Crippen molar-refractivity contribution in [1.29, 1.82) is 5.41 Å². The Morgan fingerprint density at radius 3 is 2.94 bits per heavy atom. The van der Waals surface area contributed by atoms with Gasteiger partial charge in [-0.3, -0.25) is 19.9 Å². The summed E-state index contributed by atoms with van der Waals surface area (Å²) in [6.45, 7) is 1.06. The molecule has 1 N–H and O–H groups in total. The van der Waals surface area contributed by atoms with E-state index in [1.165, 1.54) is 0 Å². The van der Waals surface area contributed by atoms with Gasteiger partial charge in [0.2, 0.25) is 0 Å². The Labute approximate surface area is 201 Å². The molecule has 1 aliphatic carbocycles. The number of aromatic nitrogens is 3. The van der Waals surface area contributed by atoms with Crippen molar-refractivity contribution >= 4 is 23.9 Å². The van der Waals surface area contributed by atoms with Crippen LogP contribution in [0.2, 0.25) is 0 Å². The highest BCUT2D eigenvalue weighted by Crippen LogP contribution is 2.36. The quantitative estimate of drug-likeness (QED) is 0.687. The van der Waals surface area contributed by atoms with E-state index >= 15 is 0 Å². The first-order valence-electron chi connectivity index (χ1n) is 11.0. The molecule has 0 saturated carbocycles. The van der Waals surface area contributed by atoms with Crippen molar-refractivity contribution < 1.29 is 14.3 Å². The van der Waals surface area contributed by atoms with Crippen molar-refractivity contribution in [3.05, 3.63) is 70.8 Å². The second-order valence-electron chi connectivity index (χ2n) is 8.22. The van der Waals surface area contributed by atoms with Gasteiger partial charge < -0.3 is 18.9 Å². The maximum Gasteiger partial charge on any atom is 0.253 e. The van der Waals surface area contributed by atoms with Crippen LogP contribution in [-0.4, -0.2) is 64.3 Å². The third-order valence-corrected chi connectivity index (χ3v) is 7.04. The number of carbonyl (C=O) groups is 1. The number of rotatable bonds is 6. The zero-order chi connectivity index (χ0) is 23.7. The van der Waals surface area contributed by atoms with Crippen LogP contribution in [0.5, 0.6) is 0 Å². The van der Waals surface area contributed by atoms with Gasteiger partial charge >= 0.3 is 0 Å². The lowest BCUT2D eigenvalue weighted by Crippen LogP contribution is -2.43. The average Bonchev–Trinajstić information content (AvgIpc) is 3.29. The highest BCUT2D eigenvalue weighted by atomic mass is 32.2. The molecule has 1 saturated heterocycles. The molecule has 2 aromatic rings. The Kier molecular flexibility index (Phi) is 6.25. The van der Waals surface area contributed by atoms with Crippen molar-refractivity contribution in [2.75, 3.05) is 26.9 Å². The average molecular weight is 479 g/mol. The number of thioether (sulfide) groups is 1. The standard InChI is InChI=1S/C24H26N6O3S/c1-28-12-17(10-27-28)16-3-6-22(25)29(13-16)15-34-18-4-5-20-19(9-18)24(32-2)21(11-26-20)30-7-8-33-14-23(30)31/h3-6,9-13,19-20,25H,7-8,14-15H2,1-2H3. The van der Waals surface area contributed by atoms with Crippen LogP contribution in [0.25, 0.3) is 11.1 Å². The van der Waals surface area contributed by atoms with Crippen molar-refractivity contribution in [3.8, 4) is 11.1 Å². The largest absolute Gasteiger partial charge is 0.498 e.